The van der Waals surface area contributed by atoms with Crippen LogP contribution in [0.1, 0.15) is 136 Å². The summed E-state index contributed by atoms with van der Waals surface area (Å²) in [6, 6.07) is 0. The number of rotatable bonds is 21. The van der Waals surface area contributed by atoms with E-state index in [1.807, 2.05) is 0 Å². The first kappa shape index (κ1) is 27.2. The van der Waals surface area contributed by atoms with Crippen LogP contribution in [0.5, 0.6) is 0 Å². The highest BCUT2D eigenvalue weighted by Crippen LogP contribution is 2.19. The van der Waals surface area contributed by atoms with E-state index in [1.54, 1.807) is 6.92 Å². The quantitative estimate of drug-likeness (QED) is 0.110. The van der Waals surface area contributed by atoms with Crippen molar-refractivity contribution in [1.82, 2.24) is 0 Å². The van der Waals surface area contributed by atoms with Gasteiger partial charge in [0, 0.05) is 5.57 Å². The summed E-state index contributed by atoms with van der Waals surface area (Å²) in [5.41, 5.74) is 0.493. The molecule has 0 bridgehead atoms. The van der Waals surface area contributed by atoms with Gasteiger partial charge in [0.05, 0.1) is 6.61 Å². The smallest absolute Gasteiger partial charge is 0.333 e. The highest BCUT2D eigenvalue weighted by Gasteiger charge is 2.03. The molecule has 0 saturated carbocycles. The third kappa shape index (κ3) is 20.0. The molecule has 0 heterocycles. The number of hydrogen-bond donors (Lipinski definition) is 0. The van der Waals surface area contributed by atoms with Gasteiger partial charge in [0.2, 0.25) is 0 Å². The van der Waals surface area contributed by atoms with E-state index in [0.717, 1.165) is 12.3 Å². The predicted molar refractivity (Wildman–Crippen MR) is 124 cm³/mol. The molecule has 1 atom stereocenters. The lowest BCUT2D eigenvalue weighted by Crippen LogP contribution is -2.05. The van der Waals surface area contributed by atoms with Gasteiger partial charge in [-0.1, -0.05) is 130 Å². The maximum atomic E-state index is 11.2. The lowest BCUT2D eigenvalue weighted by molar-refractivity contribution is -0.139. The van der Waals surface area contributed by atoms with Gasteiger partial charge < -0.3 is 4.74 Å². The van der Waals surface area contributed by atoms with Gasteiger partial charge in [-0.3, -0.25) is 0 Å². The van der Waals surface area contributed by atoms with Crippen molar-refractivity contribution < 1.29 is 9.53 Å². The minimum absolute atomic E-state index is 0.253. The summed E-state index contributed by atoms with van der Waals surface area (Å²) in [4.78, 5) is 11.2. The van der Waals surface area contributed by atoms with Crippen molar-refractivity contribution in [2.24, 2.45) is 5.92 Å². The third-order valence-corrected chi connectivity index (χ3v) is 5.72. The van der Waals surface area contributed by atoms with Gasteiger partial charge in [0.1, 0.15) is 0 Å². The molecule has 0 spiro atoms. The van der Waals surface area contributed by atoms with E-state index in [2.05, 4.69) is 20.4 Å². The van der Waals surface area contributed by atoms with Crippen molar-refractivity contribution in [2.45, 2.75) is 136 Å². The molecule has 28 heavy (non-hydrogen) atoms. The third-order valence-electron chi connectivity index (χ3n) is 5.72. The second-order valence-electron chi connectivity index (χ2n) is 8.90. The summed E-state index contributed by atoms with van der Waals surface area (Å²) in [5.74, 6) is 0.673. The normalized spacial score (nSPS) is 12.1. The molecule has 0 saturated heterocycles. The van der Waals surface area contributed by atoms with Gasteiger partial charge in [-0.2, -0.15) is 0 Å². The van der Waals surface area contributed by atoms with E-state index in [4.69, 9.17) is 4.74 Å². The maximum Gasteiger partial charge on any atom is 0.333 e. The van der Waals surface area contributed by atoms with E-state index < -0.39 is 0 Å². The summed E-state index contributed by atoms with van der Waals surface area (Å²) >= 11 is 0. The topological polar surface area (TPSA) is 26.3 Å². The van der Waals surface area contributed by atoms with E-state index in [0.29, 0.717) is 12.2 Å². The first-order valence-electron chi connectivity index (χ1n) is 12.4. The van der Waals surface area contributed by atoms with E-state index in [1.165, 1.54) is 109 Å². The average molecular weight is 395 g/mol. The van der Waals surface area contributed by atoms with Gasteiger partial charge >= 0.3 is 5.97 Å². The number of esters is 1. The van der Waals surface area contributed by atoms with Gasteiger partial charge in [0.25, 0.3) is 0 Å². The van der Waals surface area contributed by atoms with Gasteiger partial charge in [0.15, 0.2) is 0 Å². The fourth-order valence-electron chi connectivity index (χ4n) is 3.71. The van der Waals surface area contributed by atoms with Crippen LogP contribution in [-0.2, 0) is 9.53 Å². The van der Waals surface area contributed by atoms with Crippen LogP contribution in [-0.4, -0.2) is 12.6 Å². The molecule has 0 aromatic heterocycles. The van der Waals surface area contributed by atoms with E-state index in [9.17, 15) is 4.79 Å². The molecule has 0 aliphatic carbocycles. The van der Waals surface area contributed by atoms with Crippen molar-refractivity contribution in [3.05, 3.63) is 12.2 Å². The van der Waals surface area contributed by atoms with Crippen LogP contribution in [0, 0.1) is 5.92 Å². The Bertz CT molecular complexity index is 361. The van der Waals surface area contributed by atoms with Crippen LogP contribution in [0.2, 0.25) is 0 Å². The Hall–Kier alpha value is -0.790. The Balaban J connectivity index is 3.20. The van der Waals surface area contributed by atoms with Gasteiger partial charge in [-0.25, -0.2) is 4.79 Å². The van der Waals surface area contributed by atoms with Gasteiger partial charge in [-0.15, -0.1) is 0 Å². The Morgan fingerprint density at radius 1 is 0.714 bits per heavy atom. The zero-order valence-corrected chi connectivity index (χ0v) is 19.5. The van der Waals surface area contributed by atoms with Crippen LogP contribution >= 0.6 is 0 Å². The summed E-state index contributed by atoms with van der Waals surface area (Å²) in [7, 11) is 0. The van der Waals surface area contributed by atoms with E-state index >= 15 is 0 Å². The average Bonchev–Trinajstić information content (AvgIpc) is 2.67. The van der Waals surface area contributed by atoms with Crippen molar-refractivity contribution in [3.8, 4) is 0 Å². The van der Waals surface area contributed by atoms with Crippen molar-refractivity contribution >= 4 is 5.97 Å². The largest absolute Gasteiger partial charge is 0.462 e. The molecule has 2 heteroatoms. The maximum absolute atomic E-state index is 11.2. The molecule has 0 aromatic carbocycles. The lowest BCUT2D eigenvalue weighted by Gasteiger charge is -2.11. The molecule has 0 N–H and O–H groups in total. The Morgan fingerprint density at radius 3 is 1.54 bits per heavy atom. The first-order valence-corrected chi connectivity index (χ1v) is 12.4. The van der Waals surface area contributed by atoms with Crippen molar-refractivity contribution in [2.75, 3.05) is 6.61 Å². The Kier molecular flexibility index (Phi) is 20.3. The molecule has 0 radical (unpaired) electrons. The lowest BCUT2D eigenvalue weighted by atomic mass is 9.96. The first-order chi connectivity index (χ1) is 13.6. The predicted octanol–water partition coefficient (Wildman–Crippen LogP) is 8.78. The van der Waals surface area contributed by atoms with E-state index in [-0.39, 0.29) is 5.97 Å². The van der Waals surface area contributed by atoms with Crippen LogP contribution in [0.3, 0.4) is 0 Å². The highest BCUT2D eigenvalue weighted by atomic mass is 16.5. The SMILES string of the molecule is C=C(C)C(=O)OCCCCCCCCCCCC(C)CCCCCCCCC. The van der Waals surface area contributed by atoms with Crippen LogP contribution in [0.15, 0.2) is 12.2 Å². The molecule has 166 valence electrons. The molecule has 0 aliphatic rings. The standard InChI is InChI=1S/C26H50O2/c1-5-6-7-8-12-15-18-21-25(4)22-19-16-13-10-9-11-14-17-20-23-28-26(27)24(2)3/h25H,2,5-23H2,1,3-4H3. The number of carbonyl (C=O) groups is 1. The summed E-state index contributed by atoms with van der Waals surface area (Å²) in [6.07, 6.45) is 24.6. The fraction of sp³-hybridized carbons (Fsp3) is 0.885. The molecular formula is C26H50O2. The Labute approximate surface area is 176 Å². The molecule has 2 nitrogen and oxygen atoms in total. The van der Waals surface area contributed by atoms with Gasteiger partial charge in [-0.05, 0) is 19.3 Å². The van der Waals surface area contributed by atoms with Crippen molar-refractivity contribution in [3.63, 3.8) is 0 Å². The number of carbonyl (C=O) groups excluding carboxylic acids is 1. The summed E-state index contributed by atoms with van der Waals surface area (Å²) in [6.45, 7) is 10.6. The van der Waals surface area contributed by atoms with Crippen LogP contribution in [0.4, 0.5) is 0 Å². The summed E-state index contributed by atoms with van der Waals surface area (Å²) in [5, 5.41) is 0. The molecular weight excluding hydrogens is 344 g/mol. The minimum atomic E-state index is -0.253. The fourth-order valence-corrected chi connectivity index (χ4v) is 3.71. The number of hydrogen-bond acceptors (Lipinski definition) is 2. The van der Waals surface area contributed by atoms with Crippen molar-refractivity contribution in [1.29, 1.82) is 0 Å². The highest BCUT2D eigenvalue weighted by molar-refractivity contribution is 5.86. The zero-order chi connectivity index (χ0) is 20.9. The second kappa shape index (κ2) is 20.9. The second-order valence-corrected chi connectivity index (χ2v) is 8.90. The molecule has 0 rings (SSSR count). The van der Waals surface area contributed by atoms with Crippen LogP contribution in [0.25, 0.3) is 0 Å². The Morgan fingerprint density at radius 2 is 1.11 bits per heavy atom. The monoisotopic (exact) mass is 394 g/mol. The summed E-state index contributed by atoms with van der Waals surface area (Å²) < 4.78 is 5.11. The molecule has 0 amide bonds. The minimum Gasteiger partial charge on any atom is -0.462 e. The molecule has 0 fully saturated rings. The molecule has 0 aromatic rings. The number of ether oxygens (including phenoxy) is 1. The molecule has 1 unspecified atom stereocenters. The van der Waals surface area contributed by atoms with Crippen LogP contribution < -0.4 is 0 Å². The zero-order valence-electron chi connectivity index (χ0n) is 19.5. The molecule has 0 aliphatic heterocycles. The number of unbranched alkanes of at least 4 members (excludes halogenated alkanes) is 14.